The molecular weight excluding hydrogens is 312 g/mol. The molecular formula is C12H20N4O5S. The van der Waals surface area contributed by atoms with Crippen molar-refractivity contribution in [1.82, 2.24) is 19.4 Å². The number of hydrogen-bond acceptors (Lipinski definition) is 5. The summed E-state index contributed by atoms with van der Waals surface area (Å²) in [6.45, 7) is 2.95. The molecule has 0 aliphatic heterocycles. The summed E-state index contributed by atoms with van der Waals surface area (Å²) >= 11 is 0. The van der Waals surface area contributed by atoms with Crippen LogP contribution in [0.4, 0.5) is 0 Å². The van der Waals surface area contributed by atoms with Crippen LogP contribution in [0.25, 0.3) is 0 Å². The summed E-state index contributed by atoms with van der Waals surface area (Å²) in [4.78, 5) is 24.0. The first kappa shape index (κ1) is 18.1. The Hall–Kier alpha value is -1.94. The van der Waals surface area contributed by atoms with Crippen molar-refractivity contribution in [2.75, 3.05) is 13.1 Å². The lowest BCUT2D eigenvalue weighted by atomic mass is 10.3. The van der Waals surface area contributed by atoms with E-state index in [-0.39, 0.29) is 11.4 Å². The summed E-state index contributed by atoms with van der Waals surface area (Å²) in [5.41, 5.74) is 0. The van der Waals surface area contributed by atoms with Crippen molar-refractivity contribution >= 4 is 21.9 Å². The molecule has 0 aromatic carbocycles. The van der Waals surface area contributed by atoms with Gasteiger partial charge in [-0.15, -0.1) is 0 Å². The van der Waals surface area contributed by atoms with E-state index in [1.807, 2.05) is 0 Å². The normalized spacial score (nSPS) is 12.9. The van der Waals surface area contributed by atoms with Gasteiger partial charge in [-0.25, -0.2) is 8.42 Å². The van der Waals surface area contributed by atoms with E-state index in [1.54, 1.807) is 14.0 Å². The fourth-order valence-electron chi connectivity index (χ4n) is 1.86. The third-order valence-corrected chi connectivity index (χ3v) is 4.32. The van der Waals surface area contributed by atoms with Crippen LogP contribution in [-0.4, -0.2) is 59.2 Å². The second-order valence-electron chi connectivity index (χ2n) is 4.85. The monoisotopic (exact) mass is 332 g/mol. The van der Waals surface area contributed by atoms with Crippen LogP contribution in [0.3, 0.4) is 0 Å². The second-order valence-corrected chi connectivity index (χ2v) is 6.56. The minimum Gasteiger partial charge on any atom is -0.480 e. The number of aliphatic carboxylic acids is 1. The molecule has 9 nitrogen and oxygen atoms in total. The summed E-state index contributed by atoms with van der Waals surface area (Å²) in [6.07, 6.45) is 3.04. The first-order valence-electron chi connectivity index (χ1n) is 6.69. The Labute approximate surface area is 129 Å². The largest absolute Gasteiger partial charge is 0.480 e. The molecule has 1 aromatic heterocycles. The molecule has 1 aromatic rings. The average Bonchev–Trinajstić information content (AvgIpc) is 2.84. The molecule has 1 amide bonds. The van der Waals surface area contributed by atoms with Crippen molar-refractivity contribution in [2.45, 2.75) is 31.2 Å². The minimum absolute atomic E-state index is 0.0603. The maximum Gasteiger partial charge on any atom is 0.323 e. The van der Waals surface area contributed by atoms with E-state index in [0.717, 1.165) is 4.90 Å². The molecule has 0 spiro atoms. The number of carboxylic acid groups (broad SMARTS) is 1. The van der Waals surface area contributed by atoms with Crippen molar-refractivity contribution in [3.63, 3.8) is 0 Å². The number of rotatable bonds is 8. The molecule has 0 saturated heterocycles. The van der Waals surface area contributed by atoms with Gasteiger partial charge in [0.1, 0.15) is 11.4 Å². The number of sulfonamides is 1. The molecule has 0 fully saturated rings. The van der Waals surface area contributed by atoms with E-state index in [1.165, 1.54) is 24.0 Å². The summed E-state index contributed by atoms with van der Waals surface area (Å²) in [5.74, 6) is -1.74. The standard InChI is InChI=1S/C12H20N4O5S/c1-4-5-16(8-11(17)18)12(19)9(2)14-22(20,21)10-6-13-15(3)7-10/h6-7,9,14H,4-5,8H2,1-3H3,(H,17,18). The smallest absolute Gasteiger partial charge is 0.323 e. The van der Waals surface area contributed by atoms with Gasteiger partial charge in [-0.05, 0) is 13.3 Å². The lowest BCUT2D eigenvalue weighted by Gasteiger charge is -2.24. The second kappa shape index (κ2) is 7.36. The highest BCUT2D eigenvalue weighted by atomic mass is 32.2. The summed E-state index contributed by atoms with van der Waals surface area (Å²) in [5, 5.41) is 12.6. The number of aryl methyl sites for hydroxylation is 1. The summed E-state index contributed by atoms with van der Waals surface area (Å²) in [7, 11) is -2.32. The number of carboxylic acids is 1. The minimum atomic E-state index is -3.89. The van der Waals surface area contributed by atoms with Gasteiger partial charge in [0, 0.05) is 19.8 Å². The number of carbonyl (C=O) groups excluding carboxylic acids is 1. The molecule has 0 radical (unpaired) electrons. The van der Waals surface area contributed by atoms with Gasteiger partial charge < -0.3 is 10.0 Å². The van der Waals surface area contributed by atoms with E-state index in [4.69, 9.17) is 5.11 Å². The molecule has 1 atom stereocenters. The molecule has 2 N–H and O–H groups in total. The summed E-state index contributed by atoms with van der Waals surface area (Å²) in [6, 6.07) is -1.07. The van der Waals surface area contributed by atoms with Gasteiger partial charge >= 0.3 is 5.97 Å². The van der Waals surface area contributed by atoms with Gasteiger partial charge in [-0.1, -0.05) is 6.92 Å². The lowest BCUT2D eigenvalue weighted by Crippen LogP contribution is -2.48. The molecule has 10 heteroatoms. The molecule has 0 bridgehead atoms. The first-order valence-corrected chi connectivity index (χ1v) is 8.17. The quantitative estimate of drug-likeness (QED) is 0.656. The van der Waals surface area contributed by atoms with Gasteiger partial charge in [0.15, 0.2) is 0 Å². The zero-order valence-electron chi connectivity index (χ0n) is 12.7. The zero-order chi connectivity index (χ0) is 16.9. The van der Waals surface area contributed by atoms with Gasteiger partial charge in [0.05, 0.1) is 12.2 Å². The fraction of sp³-hybridized carbons (Fsp3) is 0.583. The first-order chi connectivity index (χ1) is 10.2. The van der Waals surface area contributed by atoms with Crippen molar-refractivity contribution in [2.24, 2.45) is 7.05 Å². The van der Waals surface area contributed by atoms with Crippen LogP contribution in [0, 0.1) is 0 Å². The maximum atomic E-state index is 12.2. The highest BCUT2D eigenvalue weighted by molar-refractivity contribution is 7.89. The van der Waals surface area contributed by atoms with Gasteiger partial charge in [-0.2, -0.15) is 9.82 Å². The summed E-state index contributed by atoms with van der Waals surface area (Å²) < 4.78 is 27.8. The van der Waals surface area contributed by atoms with E-state index >= 15 is 0 Å². The lowest BCUT2D eigenvalue weighted by molar-refractivity contribution is -0.145. The zero-order valence-corrected chi connectivity index (χ0v) is 13.5. The van der Waals surface area contributed by atoms with Crippen LogP contribution >= 0.6 is 0 Å². The van der Waals surface area contributed by atoms with Crippen LogP contribution in [0.1, 0.15) is 20.3 Å². The van der Waals surface area contributed by atoms with E-state index in [9.17, 15) is 18.0 Å². The van der Waals surface area contributed by atoms with Crippen molar-refractivity contribution in [1.29, 1.82) is 0 Å². The third kappa shape index (κ3) is 4.81. The van der Waals surface area contributed by atoms with E-state index in [0.29, 0.717) is 6.42 Å². The molecule has 1 unspecified atom stereocenters. The van der Waals surface area contributed by atoms with Crippen LogP contribution in [-0.2, 0) is 26.7 Å². The Kier molecular flexibility index (Phi) is 6.06. The Morgan fingerprint density at radius 1 is 1.50 bits per heavy atom. The highest BCUT2D eigenvalue weighted by Crippen LogP contribution is 2.08. The average molecular weight is 332 g/mol. The van der Waals surface area contributed by atoms with Crippen molar-refractivity contribution < 1.29 is 23.1 Å². The number of nitrogens with one attached hydrogen (secondary N) is 1. The molecule has 1 heterocycles. The fourth-order valence-corrected chi connectivity index (χ4v) is 3.04. The van der Waals surface area contributed by atoms with Crippen molar-refractivity contribution in [3.8, 4) is 0 Å². The molecule has 0 saturated carbocycles. The molecule has 0 aliphatic rings. The van der Waals surface area contributed by atoms with Crippen LogP contribution in [0.5, 0.6) is 0 Å². The Balaban J connectivity index is 2.83. The molecule has 1 rings (SSSR count). The van der Waals surface area contributed by atoms with E-state index < -0.39 is 34.5 Å². The van der Waals surface area contributed by atoms with E-state index in [2.05, 4.69) is 9.82 Å². The van der Waals surface area contributed by atoms with Crippen LogP contribution in [0.2, 0.25) is 0 Å². The SMILES string of the molecule is CCCN(CC(=O)O)C(=O)C(C)NS(=O)(=O)c1cnn(C)c1. The topological polar surface area (TPSA) is 122 Å². The molecule has 0 aliphatic carbocycles. The number of carbonyl (C=O) groups is 2. The number of aromatic nitrogens is 2. The molecule has 22 heavy (non-hydrogen) atoms. The Bertz CT molecular complexity index is 640. The van der Waals surface area contributed by atoms with Crippen LogP contribution in [0.15, 0.2) is 17.3 Å². The van der Waals surface area contributed by atoms with Gasteiger partial charge in [-0.3, -0.25) is 14.3 Å². The predicted molar refractivity (Wildman–Crippen MR) is 77.5 cm³/mol. The van der Waals surface area contributed by atoms with Crippen LogP contribution < -0.4 is 4.72 Å². The maximum absolute atomic E-state index is 12.2. The Morgan fingerprint density at radius 3 is 2.59 bits per heavy atom. The third-order valence-electron chi connectivity index (χ3n) is 2.83. The van der Waals surface area contributed by atoms with Gasteiger partial charge in [0.25, 0.3) is 0 Å². The molecule has 124 valence electrons. The number of hydrogen-bond donors (Lipinski definition) is 2. The van der Waals surface area contributed by atoms with Crippen molar-refractivity contribution in [3.05, 3.63) is 12.4 Å². The predicted octanol–water partition coefficient (Wildman–Crippen LogP) is -0.590. The number of nitrogens with zero attached hydrogens (tertiary/aromatic N) is 3. The highest BCUT2D eigenvalue weighted by Gasteiger charge is 2.27. The number of amides is 1. The Morgan fingerprint density at radius 2 is 2.14 bits per heavy atom. The van der Waals surface area contributed by atoms with Gasteiger partial charge in [0.2, 0.25) is 15.9 Å².